The molecule has 0 saturated carbocycles. The first-order chi connectivity index (χ1) is 9.49. The second kappa shape index (κ2) is 5.72. The lowest BCUT2D eigenvalue weighted by Gasteiger charge is -2.10. The van der Waals surface area contributed by atoms with E-state index in [1.807, 2.05) is 0 Å². The molecule has 0 aliphatic heterocycles. The molecule has 2 aromatic heterocycles. The molecule has 0 aliphatic carbocycles. The van der Waals surface area contributed by atoms with Gasteiger partial charge < -0.3 is 15.2 Å². The average Bonchev–Trinajstić information content (AvgIpc) is 2.90. The lowest BCUT2D eigenvalue weighted by molar-refractivity contribution is -0.144. The van der Waals surface area contributed by atoms with E-state index in [1.54, 1.807) is 0 Å². The van der Waals surface area contributed by atoms with Gasteiger partial charge >= 0.3 is 6.18 Å². The number of anilines is 2. The maximum absolute atomic E-state index is 12.6. The molecule has 2 N–H and O–H groups in total. The third-order valence-corrected chi connectivity index (χ3v) is 2.29. The van der Waals surface area contributed by atoms with Crippen LogP contribution in [0.4, 0.5) is 24.8 Å². The van der Waals surface area contributed by atoms with Gasteiger partial charge in [-0.1, -0.05) is 5.16 Å². The van der Waals surface area contributed by atoms with Crippen LogP contribution in [0.15, 0.2) is 16.9 Å². The van der Waals surface area contributed by atoms with E-state index in [4.69, 9.17) is 4.52 Å². The molecule has 2 aromatic rings. The van der Waals surface area contributed by atoms with Crippen LogP contribution in [0.5, 0.6) is 0 Å². The Hall–Kier alpha value is -2.39. The van der Waals surface area contributed by atoms with Gasteiger partial charge in [-0.3, -0.25) is 0 Å². The Kier molecular flexibility index (Phi) is 4.01. The van der Waals surface area contributed by atoms with Crippen molar-refractivity contribution in [1.29, 1.82) is 0 Å². The molecule has 20 heavy (non-hydrogen) atoms. The molecule has 2 heterocycles. The molecule has 0 unspecified atom stereocenters. The van der Waals surface area contributed by atoms with Crippen LogP contribution in [0.3, 0.4) is 0 Å². The second-order valence-corrected chi connectivity index (χ2v) is 3.72. The first kappa shape index (κ1) is 14.0. The van der Waals surface area contributed by atoms with Crippen molar-refractivity contribution >= 4 is 11.6 Å². The molecule has 0 bridgehead atoms. The van der Waals surface area contributed by atoms with Crippen LogP contribution in [0.1, 0.15) is 11.7 Å². The normalized spacial score (nSPS) is 11.4. The SMILES string of the molecule is CNc1cc(NCCc2ncno2)nc(C(F)(F)F)n1. The fraction of sp³-hybridized carbons (Fsp3) is 0.400. The summed E-state index contributed by atoms with van der Waals surface area (Å²) in [4.78, 5) is 10.6. The second-order valence-electron chi connectivity index (χ2n) is 3.72. The Morgan fingerprint density at radius 3 is 2.60 bits per heavy atom. The van der Waals surface area contributed by atoms with Gasteiger partial charge in [0.25, 0.3) is 0 Å². The summed E-state index contributed by atoms with van der Waals surface area (Å²) in [5, 5.41) is 8.73. The average molecular weight is 288 g/mol. The summed E-state index contributed by atoms with van der Waals surface area (Å²) < 4.78 is 42.6. The maximum Gasteiger partial charge on any atom is 0.451 e. The van der Waals surface area contributed by atoms with Crippen LogP contribution in [0.2, 0.25) is 0 Å². The third kappa shape index (κ3) is 3.56. The minimum atomic E-state index is -4.60. The summed E-state index contributed by atoms with van der Waals surface area (Å²) in [5.41, 5.74) is 0. The highest BCUT2D eigenvalue weighted by Gasteiger charge is 2.35. The van der Waals surface area contributed by atoms with Gasteiger partial charge in [0.05, 0.1) is 0 Å². The third-order valence-electron chi connectivity index (χ3n) is 2.29. The Labute approximate surface area is 111 Å². The smallest absolute Gasteiger partial charge is 0.373 e. The van der Waals surface area contributed by atoms with Gasteiger partial charge in [-0.05, 0) is 0 Å². The molecule has 0 aromatic carbocycles. The van der Waals surface area contributed by atoms with E-state index in [9.17, 15) is 13.2 Å². The van der Waals surface area contributed by atoms with Gasteiger partial charge in [0, 0.05) is 26.1 Å². The minimum absolute atomic E-state index is 0.0659. The lowest BCUT2D eigenvalue weighted by atomic mass is 10.4. The largest absolute Gasteiger partial charge is 0.451 e. The first-order valence-corrected chi connectivity index (χ1v) is 5.62. The number of nitrogens with zero attached hydrogens (tertiary/aromatic N) is 4. The van der Waals surface area contributed by atoms with Crippen LogP contribution in [0.25, 0.3) is 0 Å². The molecule has 108 valence electrons. The monoisotopic (exact) mass is 288 g/mol. The topological polar surface area (TPSA) is 88.8 Å². The summed E-state index contributed by atoms with van der Waals surface area (Å²) in [6.45, 7) is 0.305. The van der Waals surface area contributed by atoms with Crippen molar-refractivity contribution in [3.63, 3.8) is 0 Å². The first-order valence-electron chi connectivity index (χ1n) is 5.62. The summed E-state index contributed by atoms with van der Waals surface area (Å²) in [7, 11) is 1.48. The van der Waals surface area contributed by atoms with Crippen molar-refractivity contribution < 1.29 is 17.7 Å². The summed E-state index contributed by atoms with van der Waals surface area (Å²) in [5.74, 6) is -0.676. The Bertz CT molecular complexity index is 557. The van der Waals surface area contributed by atoms with Crippen molar-refractivity contribution in [2.24, 2.45) is 0 Å². The van der Waals surface area contributed by atoms with Gasteiger partial charge in [0.2, 0.25) is 11.7 Å². The highest BCUT2D eigenvalue weighted by molar-refractivity contribution is 5.47. The predicted molar refractivity (Wildman–Crippen MR) is 63.1 cm³/mol. The lowest BCUT2D eigenvalue weighted by Crippen LogP contribution is -2.15. The molecule has 0 amide bonds. The number of aromatic nitrogens is 4. The molecular weight excluding hydrogens is 277 g/mol. The molecule has 0 aliphatic rings. The van der Waals surface area contributed by atoms with Crippen LogP contribution in [-0.2, 0) is 12.6 Å². The van der Waals surface area contributed by atoms with Crippen molar-refractivity contribution in [3.05, 3.63) is 24.1 Å². The van der Waals surface area contributed by atoms with Crippen molar-refractivity contribution in [2.75, 3.05) is 24.2 Å². The fourth-order valence-electron chi connectivity index (χ4n) is 1.40. The quantitative estimate of drug-likeness (QED) is 0.863. The van der Waals surface area contributed by atoms with Crippen LogP contribution >= 0.6 is 0 Å². The van der Waals surface area contributed by atoms with E-state index < -0.39 is 12.0 Å². The van der Waals surface area contributed by atoms with Crippen molar-refractivity contribution in [2.45, 2.75) is 12.6 Å². The Balaban J connectivity index is 2.06. The van der Waals surface area contributed by atoms with E-state index in [-0.39, 0.29) is 11.6 Å². The molecule has 7 nitrogen and oxygen atoms in total. The van der Waals surface area contributed by atoms with E-state index in [0.717, 1.165) is 0 Å². The van der Waals surface area contributed by atoms with E-state index in [2.05, 4.69) is 30.7 Å². The number of halogens is 3. The van der Waals surface area contributed by atoms with Crippen LogP contribution < -0.4 is 10.6 Å². The highest BCUT2D eigenvalue weighted by atomic mass is 19.4. The molecule has 0 atom stereocenters. The molecule has 10 heteroatoms. The number of alkyl halides is 3. The standard InChI is InChI=1S/C10H11F3N6O/c1-14-6-4-7(19-9(18-6)10(11,12)13)15-3-2-8-16-5-17-20-8/h4-5H,2-3H2,1H3,(H2,14,15,18,19). The summed E-state index contributed by atoms with van der Waals surface area (Å²) in [6, 6.07) is 1.38. The molecule has 2 rings (SSSR count). The number of hydrogen-bond donors (Lipinski definition) is 2. The number of rotatable bonds is 5. The summed E-state index contributed by atoms with van der Waals surface area (Å²) in [6.07, 6.45) is -2.98. The maximum atomic E-state index is 12.6. The molecule has 0 fully saturated rings. The molecular formula is C10H11F3N6O. The van der Waals surface area contributed by atoms with Gasteiger partial charge in [-0.15, -0.1) is 0 Å². The number of hydrogen-bond acceptors (Lipinski definition) is 7. The molecule has 0 saturated heterocycles. The van der Waals surface area contributed by atoms with Crippen molar-refractivity contribution in [3.8, 4) is 0 Å². The highest BCUT2D eigenvalue weighted by Crippen LogP contribution is 2.28. The molecule has 0 radical (unpaired) electrons. The zero-order valence-electron chi connectivity index (χ0n) is 10.4. The minimum Gasteiger partial charge on any atom is -0.373 e. The van der Waals surface area contributed by atoms with Crippen molar-refractivity contribution in [1.82, 2.24) is 20.1 Å². The number of nitrogens with one attached hydrogen (secondary N) is 2. The fourth-order valence-corrected chi connectivity index (χ4v) is 1.40. The zero-order valence-corrected chi connectivity index (χ0v) is 10.4. The van der Waals surface area contributed by atoms with Crippen LogP contribution in [0, 0.1) is 0 Å². The summed E-state index contributed by atoms with van der Waals surface area (Å²) >= 11 is 0. The van der Waals surface area contributed by atoms with Crippen LogP contribution in [-0.4, -0.2) is 33.7 Å². The van der Waals surface area contributed by atoms with E-state index in [0.29, 0.717) is 18.9 Å². The molecule has 0 spiro atoms. The zero-order chi connectivity index (χ0) is 14.6. The Morgan fingerprint density at radius 1 is 1.25 bits per heavy atom. The Morgan fingerprint density at radius 2 is 2.00 bits per heavy atom. The van der Waals surface area contributed by atoms with Gasteiger partial charge in [0.15, 0.2) is 6.33 Å². The van der Waals surface area contributed by atoms with E-state index >= 15 is 0 Å². The van der Waals surface area contributed by atoms with Gasteiger partial charge in [0.1, 0.15) is 11.6 Å². The van der Waals surface area contributed by atoms with Gasteiger partial charge in [-0.25, -0.2) is 9.97 Å². The predicted octanol–water partition coefficient (Wildman–Crippen LogP) is 1.57. The van der Waals surface area contributed by atoms with E-state index in [1.165, 1.54) is 19.4 Å². The van der Waals surface area contributed by atoms with Gasteiger partial charge in [-0.2, -0.15) is 18.2 Å².